The summed E-state index contributed by atoms with van der Waals surface area (Å²) in [5.41, 5.74) is 4.84. The zero-order chi connectivity index (χ0) is 13.1. The maximum absolute atomic E-state index is 11.3. The van der Waals surface area contributed by atoms with Crippen molar-refractivity contribution in [2.45, 2.75) is 20.0 Å². The van der Waals surface area contributed by atoms with Crippen LogP contribution < -0.4 is 0 Å². The van der Waals surface area contributed by atoms with Crippen molar-refractivity contribution < 1.29 is 4.79 Å². The number of ketones is 1. The largest absolute Gasteiger partial charge is 0.353 e. The van der Waals surface area contributed by atoms with Crippen LogP contribution in [0.15, 0.2) is 23.2 Å². The van der Waals surface area contributed by atoms with E-state index in [1.165, 1.54) is 0 Å². The number of thiazole rings is 1. The van der Waals surface area contributed by atoms with Crippen molar-refractivity contribution in [3.05, 3.63) is 40.1 Å². The molecule has 0 bridgehead atoms. The van der Waals surface area contributed by atoms with Crippen molar-refractivity contribution in [1.82, 2.24) is 14.5 Å². The Morgan fingerprint density at radius 1 is 1.50 bits per heavy atom. The average molecular weight is 263 g/mol. The minimum absolute atomic E-state index is 0.110. The molecule has 0 saturated heterocycles. The lowest BCUT2D eigenvalue weighted by Crippen LogP contribution is -2.18. The van der Waals surface area contributed by atoms with E-state index in [9.17, 15) is 4.79 Å². The van der Waals surface area contributed by atoms with Crippen LogP contribution in [0.5, 0.6) is 0 Å². The van der Waals surface area contributed by atoms with Crippen molar-refractivity contribution in [2.75, 3.05) is 7.05 Å². The molecule has 5 heteroatoms. The highest BCUT2D eigenvalue weighted by Crippen LogP contribution is 2.12. The van der Waals surface area contributed by atoms with E-state index < -0.39 is 0 Å². The number of Topliss-reactive ketones (excluding diaryl/α,β-unsaturated/α-hetero) is 1. The summed E-state index contributed by atoms with van der Waals surface area (Å²) in [5.74, 6) is 0.110. The molecule has 0 atom stereocenters. The Kier molecular flexibility index (Phi) is 3.93. The van der Waals surface area contributed by atoms with Crippen molar-refractivity contribution in [3.63, 3.8) is 0 Å². The third kappa shape index (κ3) is 3.05. The first-order valence-electron chi connectivity index (χ1n) is 5.78. The molecule has 96 valence electrons. The molecule has 0 aliphatic rings. The summed E-state index contributed by atoms with van der Waals surface area (Å²) in [5, 5.41) is 2.06. The molecule has 0 unspecified atom stereocenters. The molecule has 0 fully saturated rings. The third-order valence-corrected chi connectivity index (χ3v) is 3.50. The van der Waals surface area contributed by atoms with Gasteiger partial charge in [-0.2, -0.15) is 0 Å². The van der Waals surface area contributed by atoms with Crippen LogP contribution in [0.3, 0.4) is 0 Å². The molecule has 18 heavy (non-hydrogen) atoms. The summed E-state index contributed by atoms with van der Waals surface area (Å²) in [4.78, 5) is 17.8. The van der Waals surface area contributed by atoms with Gasteiger partial charge in [0, 0.05) is 43.0 Å². The van der Waals surface area contributed by atoms with Gasteiger partial charge in [0.25, 0.3) is 0 Å². The molecule has 2 aromatic heterocycles. The van der Waals surface area contributed by atoms with Crippen molar-refractivity contribution >= 4 is 17.1 Å². The molecule has 0 saturated carbocycles. The van der Waals surface area contributed by atoms with E-state index in [0.29, 0.717) is 0 Å². The van der Waals surface area contributed by atoms with Gasteiger partial charge in [-0.15, -0.1) is 11.3 Å². The first kappa shape index (κ1) is 13.0. The molecule has 0 amide bonds. The quantitative estimate of drug-likeness (QED) is 0.777. The first-order valence-corrected chi connectivity index (χ1v) is 6.72. The normalized spacial score (nSPS) is 11.1. The van der Waals surface area contributed by atoms with Crippen LogP contribution in [0.2, 0.25) is 0 Å². The van der Waals surface area contributed by atoms with Crippen molar-refractivity contribution in [2.24, 2.45) is 7.05 Å². The number of carbonyl (C=O) groups is 1. The van der Waals surface area contributed by atoms with Crippen LogP contribution in [0.25, 0.3) is 0 Å². The second-order valence-electron chi connectivity index (χ2n) is 4.54. The molecular formula is C13H17N3OS. The minimum Gasteiger partial charge on any atom is -0.353 e. The number of hydrogen-bond donors (Lipinski definition) is 0. The lowest BCUT2D eigenvalue weighted by molar-refractivity contribution is 0.101. The topological polar surface area (TPSA) is 38.1 Å². The molecule has 0 aliphatic heterocycles. The summed E-state index contributed by atoms with van der Waals surface area (Å²) < 4.78 is 2.01. The maximum Gasteiger partial charge on any atom is 0.161 e. The van der Waals surface area contributed by atoms with Gasteiger partial charge >= 0.3 is 0 Å². The fraction of sp³-hybridized carbons (Fsp3) is 0.385. The second-order valence-corrected chi connectivity index (χ2v) is 5.26. The molecule has 2 aromatic rings. The molecule has 0 radical (unpaired) electrons. The number of carbonyl (C=O) groups excluding carboxylic acids is 1. The van der Waals surface area contributed by atoms with Gasteiger partial charge < -0.3 is 4.57 Å². The first-order chi connectivity index (χ1) is 8.56. The molecule has 0 aromatic carbocycles. The fourth-order valence-electron chi connectivity index (χ4n) is 1.88. The SMILES string of the molecule is CC(=O)c1cc(CN(C)Cc2cscn2)n(C)c1. The van der Waals surface area contributed by atoms with E-state index in [4.69, 9.17) is 0 Å². The van der Waals surface area contributed by atoms with Crippen LogP contribution >= 0.6 is 11.3 Å². The van der Waals surface area contributed by atoms with Gasteiger partial charge in [-0.3, -0.25) is 9.69 Å². The smallest absolute Gasteiger partial charge is 0.161 e. The maximum atomic E-state index is 11.3. The van der Waals surface area contributed by atoms with E-state index in [1.807, 2.05) is 29.4 Å². The van der Waals surface area contributed by atoms with E-state index in [-0.39, 0.29) is 5.78 Å². The van der Waals surface area contributed by atoms with Gasteiger partial charge in [0.2, 0.25) is 0 Å². The Balaban J connectivity index is 2.02. The zero-order valence-corrected chi connectivity index (χ0v) is 11.7. The van der Waals surface area contributed by atoms with Crippen LogP contribution in [0.1, 0.15) is 28.7 Å². The van der Waals surface area contributed by atoms with Crippen LogP contribution in [-0.2, 0) is 20.1 Å². The van der Waals surface area contributed by atoms with Gasteiger partial charge in [-0.1, -0.05) is 0 Å². The predicted molar refractivity (Wildman–Crippen MR) is 72.7 cm³/mol. The summed E-state index contributed by atoms with van der Waals surface area (Å²) in [7, 11) is 4.03. The average Bonchev–Trinajstić information content (AvgIpc) is 2.89. The van der Waals surface area contributed by atoms with E-state index >= 15 is 0 Å². The summed E-state index contributed by atoms with van der Waals surface area (Å²) in [6, 6.07) is 1.96. The summed E-state index contributed by atoms with van der Waals surface area (Å²) in [6.07, 6.45) is 1.88. The molecule has 4 nitrogen and oxygen atoms in total. The highest BCUT2D eigenvalue weighted by atomic mass is 32.1. The van der Waals surface area contributed by atoms with E-state index in [0.717, 1.165) is 30.0 Å². The highest BCUT2D eigenvalue weighted by Gasteiger charge is 2.09. The van der Waals surface area contributed by atoms with Gasteiger partial charge in [0.1, 0.15) is 0 Å². The minimum atomic E-state index is 0.110. The van der Waals surface area contributed by atoms with Crippen LogP contribution in [0, 0.1) is 0 Å². The van der Waals surface area contributed by atoms with Crippen LogP contribution in [-0.4, -0.2) is 27.3 Å². The molecule has 0 N–H and O–H groups in total. The van der Waals surface area contributed by atoms with Crippen molar-refractivity contribution in [1.29, 1.82) is 0 Å². The zero-order valence-electron chi connectivity index (χ0n) is 10.9. The fourth-order valence-corrected chi connectivity index (χ4v) is 2.43. The van der Waals surface area contributed by atoms with Gasteiger partial charge in [-0.05, 0) is 20.0 Å². The van der Waals surface area contributed by atoms with E-state index in [1.54, 1.807) is 18.3 Å². The van der Waals surface area contributed by atoms with E-state index in [2.05, 4.69) is 22.3 Å². The number of rotatable bonds is 5. The molecule has 0 aliphatic carbocycles. The Morgan fingerprint density at radius 2 is 2.28 bits per heavy atom. The summed E-state index contributed by atoms with van der Waals surface area (Å²) >= 11 is 1.61. The van der Waals surface area contributed by atoms with Crippen LogP contribution in [0.4, 0.5) is 0 Å². The number of hydrogen-bond acceptors (Lipinski definition) is 4. The Morgan fingerprint density at radius 3 is 2.83 bits per heavy atom. The predicted octanol–water partition coefficient (Wildman–Crippen LogP) is 2.32. The highest BCUT2D eigenvalue weighted by molar-refractivity contribution is 7.07. The lowest BCUT2D eigenvalue weighted by Gasteiger charge is -2.15. The number of aromatic nitrogens is 2. The van der Waals surface area contributed by atoms with Gasteiger partial charge in [0.15, 0.2) is 5.78 Å². The van der Waals surface area contributed by atoms with Crippen molar-refractivity contribution in [3.8, 4) is 0 Å². The Bertz CT molecular complexity index is 530. The molecular weight excluding hydrogens is 246 g/mol. The Labute approximate surface area is 111 Å². The third-order valence-electron chi connectivity index (χ3n) is 2.86. The molecule has 2 rings (SSSR count). The number of aryl methyl sites for hydroxylation is 1. The summed E-state index contributed by atoms with van der Waals surface area (Å²) in [6.45, 7) is 3.23. The van der Waals surface area contributed by atoms with Gasteiger partial charge in [0.05, 0.1) is 11.2 Å². The number of nitrogens with zero attached hydrogens (tertiary/aromatic N) is 3. The molecule has 0 spiro atoms. The molecule has 2 heterocycles. The van der Waals surface area contributed by atoms with Gasteiger partial charge in [-0.25, -0.2) is 4.98 Å². The Hall–Kier alpha value is -1.46. The lowest BCUT2D eigenvalue weighted by atomic mass is 10.2. The monoisotopic (exact) mass is 263 g/mol. The standard InChI is InChI=1S/C13H17N3OS/c1-10(17)11-4-13(16(3)5-11)7-15(2)6-12-8-18-9-14-12/h4-5,8-9H,6-7H2,1-3H3. The second kappa shape index (κ2) is 5.46.